The van der Waals surface area contributed by atoms with Crippen molar-refractivity contribution in [1.29, 1.82) is 5.41 Å². The fourth-order valence-electron chi connectivity index (χ4n) is 1.93. The van der Waals surface area contributed by atoms with E-state index in [0.717, 1.165) is 21.2 Å². The zero-order valence-corrected chi connectivity index (χ0v) is 12.8. The van der Waals surface area contributed by atoms with Crippen LogP contribution in [0.2, 0.25) is 0 Å². The Morgan fingerprint density at radius 3 is 2.10 bits per heavy atom. The normalized spacial score (nSPS) is 11.2. The van der Waals surface area contributed by atoms with Gasteiger partial charge in [0, 0.05) is 10.9 Å². The largest absolute Gasteiger partial charge is 0.323 e. The molecule has 0 unspecified atom stereocenters. The minimum atomic E-state index is -0.186. The molecule has 4 nitrogen and oxygen atoms in total. The Kier molecular flexibility index (Phi) is 5.00. The van der Waals surface area contributed by atoms with Crippen molar-refractivity contribution >= 4 is 33.6 Å². The molecule has 0 aliphatic rings. The first-order valence-electron chi connectivity index (χ1n) is 6.30. The average Bonchev–Trinajstić information content (AvgIpc) is 2.53. The van der Waals surface area contributed by atoms with Crippen molar-refractivity contribution in [3.63, 3.8) is 0 Å². The Morgan fingerprint density at radius 2 is 1.62 bits per heavy atom. The zero-order valence-electron chi connectivity index (χ0n) is 11.2. The van der Waals surface area contributed by atoms with Crippen molar-refractivity contribution in [3.05, 3.63) is 58.6 Å². The molecular formula is C16H14BrN3O. The maximum Gasteiger partial charge on any atom is 0.169 e. The molecule has 0 saturated carbocycles. The molecule has 0 saturated heterocycles. The highest BCUT2D eigenvalue weighted by Crippen LogP contribution is 2.22. The molecule has 0 amide bonds. The number of hydrogen-bond donors (Lipinski definition) is 2. The van der Waals surface area contributed by atoms with Gasteiger partial charge in [0.15, 0.2) is 6.29 Å². The molecule has 0 heterocycles. The first kappa shape index (κ1) is 15.1. The number of carbonyl (C=O) groups excluding carboxylic acids is 1. The fraction of sp³-hybridized carbons (Fsp3) is 0.0625. The predicted octanol–water partition coefficient (Wildman–Crippen LogP) is 3.19. The molecule has 2 rings (SSSR count). The summed E-state index contributed by atoms with van der Waals surface area (Å²) < 4.78 is 1.04. The average molecular weight is 344 g/mol. The molecule has 0 aliphatic heterocycles. The third-order valence-electron chi connectivity index (χ3n) is 3.09. The van der Waals surface area contributed by atoms with E-state index in [1.807, 2.05) is 48.5 Å². The number of nitrogens with two attached hydrogens (primary N) is 1. The van der Waals surface area contributed by atoms with E-state index in [1.54, 1.807) is 0 Å². The third-order valence-corrected chi connectivity index (χ3v) is 3.62. The molecule has 0 aliphatic carbocycles. The highest BCUT2D eigenvalue weighted by molar-refractivity contribution is 9.10. The number of hydrazone groups is 1. The molecule has 0 bridgehead atoms. The number of hydrogen-bond acceptors (Lipinski definition) is 4. The smallest absolute Gasteiger partial charge is 0.169 e. The van der Waals surface area contributed by atoms with Gasteiger partial charge >= 0.3 is 0 Å². The molecule has 21 heavy (non-hydrogen) atoms. The number of nitrogens with one attached hydrogen (secondary N) is 1. The van der Waals surface area contributed by atoms with Gasteiger partial charge in [-0.25, -0.2) is 0 Å². The molecular weight excluding hydrogens is 330 g/mol. The van der Waals surface area contributed by atoms with Crippen molar-refractivity contribution in [3.8, 4) is 11.1 Å². The van der Waals surface area contributed by atoms with Crippen molar-refractivity contribution < 1.29 is 4.79 Å². The molecule has 0 radical (unpaired) electrons. The van der Waals surface area contributed by atoms with Gasteiger partial charge in [-0.3, -0.25) is 10.2 Å². The first-order chi connectivity index (χ1) is 10.1. The summed E-state index contributed by atoms with van der Waals surface area (Å²) in [5.41, 5.74) is 3.27. The van der Waals surface area contributed by atoms with Crippen LogP contribution < -0.4 is 5.84 Å². The van der Waals surface area contributed by atoms with E-state index in [-0.39, 0.29) is 11.4 Å². The fourth-order valence-corrected chi connectivity index (χ4v) is 2.19. The lowest BCUT2D eigenvalue weighted by Gasteiger charge is -2.06. The van der Waals surface area contributed by atoms with Crippen molar-refractivity contribution in [2.24, 2.45) is 10.9 Å². The molecule has 0 fully saturated rings. The summed E-state index contributed by atoms with van der Waals surface area (Å²) in [6.45, 7) is 0. The maximum atomic E-state index is 10.6. The Hall–Kier alpha value is -2.27. The van der Waals surface area contributed by atoms with Crippen molar-refractivity contribution in [2.45, 2.75) is 6.42 Å². The SMILES string of the molecule is N=C(C=O)C(Cc1ccc(-c2ccc(Br)cc2)cc1)=NN. The second-order valence-electron chi connectivity index (χ2n) is 4.49. The minimum Gasteiger partial charge on any atom is -0.323 e. The Balaban J connectivity index is 2.17. The number of aldehydes is 1. The highest BCUT2D eigenvalue weighted by Gasteiger charge is 2.07. The molecule has 0 atom stereocenters. The van der Waals surface area contributed by atoms with Crippen molar-refractivity contribution in [1.82, 2.24) is 0 Å². The lowest BCUT2D eigenvalue weighted by Crippen LogP contribution is -2.19. The van der Waals surface area contributed by atoms with E-state index in [4.69, 9.17) is 11.3 Å². The standard InChI is InChI=1S/C16H14BrN3O/c17-14-7-5-13(6-8-14)12-3-1-11(2-4-12)9-16(20-19)15(18)10-21/h1-8,10,18H,9,19H2. The van der Waals surface area contributed by atoms with E-state index in [1.165, 1.54) is 0 Å². The molecule has 106 valence electrons. The van der Waals surface area contributed by atoms with Gasteiger partial charge in [0.2, 0.25) is 0 Å². The first-order valence-corrected chi connectivity index (χ1v) is 7.09. The van der Waals surface area contributed by atoms with Gasteiger partial charge in [-0.15, -0.1) is 0 Å². The Bertz CT molecular complexity index is 676. The number of rotatable bonds is 5. The van der Waals surface area contributed by atoms with Gasteiger partial charge in [-0.2, -0.15) is 5.10 Å². The number of nitrogens with zero attached hydrogens (tertiary/aromatic N) is 1. The van der Waals surface area contributed by atoms with Gasteiger partial charge < -0.3 is 5.84 Å². The molecule has 2 aromatic carbocycles. The third kappa shape index (κ3) is 3.86. The van der Waals surface area contributed by atoms with Crippen LogP contribution in [0.15, 0.2) is 58.1 Å². The summed E-state index contributed by atoms with van der Waals surface area (Å²) in [4.78, 5) is 10.6. The second kappa shape index (κ2) is 6.95. The van der Waals surface area contributed by atoms with E-state index in [0.29, 0.717) is 12.7 Å². The zero-order chi connectivity index (χ0) is 15.2. The molecule has 2 aromatic rings. The lowest BCUT2D eigenvalue weighted by molar-refractivity contribution is -0.102. The van der Waals surface area contributed by atoms with Crippen LogP contribution in [0.5, 0.6) is 0 Å². The summed E-state index contributed by atoms with van der Waals surface area (Å²) >= 11 is 3.41. The second-order valence-corrected chi connectivity index (χ2v) is 5.40. The summed E-state index contributed by atoms with van der Waals surface area (Å²) in [5.74, 6) is 5.22. The number of halogens is 1. The van der Waals surface area contributed by atoms with Gasteiger partial charge in [0.05, 0.1) is 5.71 Å². The van der Waals surface area contributed by atoms with E-state index < -0.39 is 0 Å². The Labute approximate surface area is 131 Å². The Morgan fingerprint density at radius 1 is 1.10 bits per heavy atom. The van der Waals surface area contributed by atoms with Gasteiger partial charge in [0.25, 0.3) is 0 Å². The molecule has 3 N–H and O–H groups in total. The van der Waals surface area contributed by atoms with Gasteiger partial charge in [-0.1, -0.05) is 52.3 Å². The number of benzene rings is 2. The van der Waals surface area contributed by atoms with Gasteiger partial charge in [0.1, 0.15) is 5.71 Å². The topological polar surface area (TPSA) is 79.3 Å². The van der Waals surface area contributed by atoms with Crippen LogP contribution in [0.25, 0.3) is 11.1 Å². The van der Waals surface area contributed by atoms with E-state index in [9.17, 15) is 4.79 Å². The lowest BCUT2D eigenvalue weighted by atomic mass is 10.0. The summed E-state index contributed by atoms with van der Waals surface area (Å²) in [5, 5.41) is 11.0. The van der Waals surface area contributed by atoms with Crippen LogP contribution in [0.4, 0.5) is 0 Å². The minimum absolute atomic E-state index is 0.186. The highest BCUT2D eigenvalue weighted by atomic mass is 79.9. The molecule has 0 spiro atoms. The van der Waals surface area contributed by atoms with Gasteiger partial charge in [-0.05, 0) is 28.8 Å². The monoisotopic (exact) mass is 343 g/mol. The quantitative estimate of drug-likeness (QED) is 0.378. The summed E-state index contributed by atoms with van der Waals surface area (Å²) in [6.07, 6.45) is 0.816. The van der Waals surface area contributed by atoms with Crippen LogP contribution in [0, 0.1) is 5.41 Å². The van der Waals surface area contributed by atoms with Crippen LogP contribution in [0.3, 0.4) is 0 Å². The molecule has 5 heteroatoms. The van der Waals surface area contributed by atoms with Crippen molar-refractivity contribution in [2.75, 3.05) is 0 Å². The molecule has 0 aromatic heterocycles. The summed E-state index contributed by atoms with van der Waals surface area (Å²) in [7, 11) is 0. The van der Waals surface area contributed by atoms with Crippen LogP contribution in [-0.4, -0.2) is 17.7 Å². The number of carbonyl (C=O) groups is 1. The van der Waals surface area contributed by atoms with E-state index in [2.05, 4.69) is 21.0 Å². The van der Waals surface area contributed by atoms with Crippen LogP contribution in [-0.2, 0) is 11.2 Å². The predicted molar refractivity (Wildman–Crippen MR) is 88.7 cm³/mol. The van der Waals surface area contributed by atoms with Crippen LogP contribution >= 0.6 is 15.9 Å². The van der Waals surface area contributed by atoms with Crippen LogP contribution in [0.1, 0.15) is 5.56 Å². The maximum absolute atomic E-state index is 10.6. The van der Waals surface area contributed by atoms with E-state index >= 15 is 0 Å². The summed E-state index contributed by atoms with van der Waals surface area (Å²) in [6, 6.07) is 15.9.